The Morgan fingerprint density at radius 1 is 0.775 bits per heavy atom. The quantitative estimate of drug-likeness (QED) is 0.224. The summed E-state index contributed by atoms with van der Waals surface area (Å²) >= 11 is 0. The molecule has 0 atom stereocenters. The predicted molar refractivity (Wildman–Crippen MR) is 157 cm³/mol. The molecule has 2 N–H and O–H groups in total. The molecule has 0 aromatic carbocycles. The zero-order valence-corrected chi connectivity index (χ0v) is 27.2. The van der Waals surface area contributed by atoms with Crippen molar-refractivity contribution in [2.24, 2.45) is 0 Å². The number of hydrogen-bond acceptors (Lipinski definition) is 7. The second-order valence-corrected chi connectivity index (χ2v) is 9.44. The minimum Gasteiger partial charge on any atom is -0.400 e. The molecular weight excluding hydrogens is 599 g/mol. The first-order chi connectivity index (χ1) is 18.1. The van der Waals surface area contributed by atoms with E-state index in [2.05, 4.69) is 64.5 Å². The fourth-order valence-corrected chi connectivity index (χ4v) is 4.59. The molecule has 224 valence electrons. The Morgan fingerprint density at radius 2 is 1.20 bits per heavy atom. The first kappa shape index (κ1) is 37.0. The molecule has 11 heteroatoms. The topological polar surface area (TPSA) is 127 Å². The summed E-state index contributed by atoms with van der Waals surface area (Å²) in [5.74, 6) is 3.76. The van der Waals surface area contributed by atoms with E-state index in [0.29, 0.717) is 11.9 Å². The fraction of sp³-hybridized carbons (Fsp3) is 0.483. The maximum Gasteiger partial charge on any atom is 0.255 e. The van der Waals surface area contributed by atoms with Gasteiger partial charge in [-0.1, -0.05) is 41.5 Å². The van der Waals surface area contributed by atoms with Gasteiger partial charge in [-0.05, 0) is 38.2 Å². The Balaban J connectivity index is 0.000000684. The number of aliphatic hydroxyl groups is 1. The van der Waals surface area contributed by atoms with Crippen molar-refractivity contribution in [1.29, 1.82) is 0 Å². The van der Waals surface area contributed by atoms with Crippen LogP contribution < -0.4 is 5.56 Å². The zero-order valence-electron chi connectivity index (χ0n) is 25.7. The van der Waals surface area contributed by atoms with Crippen molar-refractivity contribution >= 4 is 0 Å². The number of aromatic amines is 1. The average Bonchev–Trinajstić information content (AvgIpc) is 3.53. The Kier molecular flexibility index (Phi) is 15.7. The molecule has 0 unspecified atom stereocenters. The normalized spacial score (nSPS) is 10.2. The van der Waals surface area contributed by atoms with Crippen LogP contribution in [-0.2, 0) is 33.3 Å². The van der Waals surface area contributed by atoms with Gasteiger partial charge in [0.25, 0.3) is 5.56 Å². The molecule has 40 heavy (non-hydrogen) atoms. The maximum absolute atomic E-state index is 12.1. The van der Waals surface area contributed by atoms with Crippen LogP contribution in [-0.4, -0.2) is 51.3 Å². The van der Waals surface area contributed by atoms with Crippen molar-refractivity contribution in [3.63, 3.8) is 0 Å². The van der Waals surface area contributed by atoms with E-state index < -0.39 is 0 Å². The van der Waals surface area contributed by atoms with Crippen molar-refractivity contribution in [3.05, 3.63) is 82.4 Å². The fourth-order valence-electron chi connectivity index (χ4n) is 4.59. The van der Waals surface area contributed by atoms with Crippen molar-refractivity contribution in [2.75, 3.05) is 7.11 Å². The van der Waals surface area contributed by atoms with E-state index in [4.69, 9.17) is 5.11 Å². The summed E-state index contributed by atoms with van der Waals surface area (Å²) in [4.78, 5) is 37.1. The third-order valence-electron chi connectivity index (χ3n) is 6.11. The standard InChI is InChI=1S/C14H20N4.C13H18N4O.CH4O.CH3.Pd/c1-6-12-15-7-8-18(12)14-16-10(4)13(9(2)3)11(5)17-14;1-5-10-14-6-7-17(10)13-15-9(4)11(8(2)3)12(18)16-13;1-2;;/h7-9H,6H2,1-5H3;6-8H,5H2,1-4H3,(H,15,16,18);2H,1H3;1H3;/q;;;-1;. The van der Waals surface area contributed by atoms with Gasteiger partial charge in [-0.2, -0.15) is 0 Å². The number of H-pyrrole nitrogens is 1. The van der Waals surface area contributed by atoms with Crippen molar-refractivity contribution in [2.45, 2.75) is 87.0 Å². The van der Waals surface area contributed by atoms with Crippen LogP contribution in [0.1, 0.15) is 93.2 Å². The number of nitrogens with one attached hydrogen (secondary N) is 1. The number of aliphatic hydroxyl groups excluding tert-OH is 1. The molecule has 0 aliphatic heterocycles. The summed E-state index contributed by atoms with van der Waals surface area (Å²) in [6.07, 6.45) is 8.91. The molecule has 0 spiro atoms. The molecule has 0 radical (unpaired) electrons. The van der Waals surface area contributed by atoms with Crippen LogP contribution in [0, 0.1) is 28.2 Å². The van der Waals surface area contributed by atoms with E-state index in [1.165, 1.54) is 5.56 Å². The molecule has 0 bridgehead atoms. The third-order valence-corrected chi connectivity index (χ3v) is 6.11. The molecule has 0 saturated carbocycles. The van der Waals surface area contributed by atoms with Gasteiger partial charge < -0.3 is 12.5 Å². The van der Waals surface area contributed by atoms with E-state index in [0.717, 1.165) is 60.2 Å². The molecule has 0 aliphatic rings. The van der Waals surface area contributed by atoms with Crippen LogP contribution in [0.25, 0.3) is 11.9 Å². The first-order valence-electron chi connectivity index (χ1n) is 13.0. The number of rotatable bonds is 6. The van der Waals surface area contributed by atoms with E-state index >= 15 is 0 Å². The largest absolute Gasteiger partial charge is 0.400 e. The van der Waals surface area contributed by atoms with Crippen molar-refractivity contribution < 1.29 is 25.5 Å². The molecular formula is C29H45N8O2Pd-. The minimum absolute atomic E-state index is 0. The first-order valence-corrected chi connectivity index (χ1v) is 13.0. The number of nitrogens with zero attached hydrogens (tertiary/aromatic N) is 7. The average molecular weight is 644 g/mol. The van der Waals surface area contributed by atoms with E-state index in [1.807, 2.05) is 49.2 Å². The molecule has 4 aromatic heterocycles. The molecule has 0 saturated heterocycles. The number of imidazole rings is 2. The summed E-state index contributed by atoms with van der Waals surface area (Å²) < 4.78 is 3.78. The van der Waals surface area contributed by atoms with E-state index in [-0.39, 0.29) is 39.3 Å². The van der Waals surface area contributed by atoms with Crippen LogP contribution in [0.3, 0.4) is 0 Å². The van der Waals surface area contributed by atoms with Crippen LogP contribution in [0.5, 0.6) is 0 Å². The van der Waals surface area contributed by atoms with Gasteiger partial charge in [0.2, 0.25) is 11.9 Å². The number of hydrogen-bond donors (Lipinski definition) is 2. The minimum atomic E-state index is -0.0664. The van der Waals surface area contributed by atoms with Gasteiger partial charge in [0.1, 0.15) is 11.6 Å². The number of aromatic nitrogens is 8. The second kappa shape index (κ2) is 17.0. The van der Waals surface area contributed by atoms with Gasteiger partial charge in [0.15, 0.2) is 0 Å². The predicted octanol–water partition coefficient (Wildman–Crippen LogP) is 4.97. The summed E-state index contributed by atoms with van der Waals surface area (Å²) in [7, 11) is 1.00. The Morgan fingerprint density at radius 3 is 1.62 bits per heavy atom. The van der Waals surface area contributed by atoms with Gasteiger partial charge in [0.05, 0.1) is 5.69 Å². The summed E-state index contributed by atoms with van der Waals surface area (Å²) in [5, 5.41) is 7.00. The van der Waals surface area contributed by atoms with Gasteiger partial charge in [0, 0.05) is 82.1 Å². The van der Waals surface area contributed by atoms with Crippen LogP contribution in [0.2, 0.25) is 0 Å². The van der Waals surface area contributed by atoms with Crippen molar-refractivity contribution in [1.82, 2.24) is 39.0 Å². The Bertz CT molecular complexity index is 1370. The smallest absolute Gasteiger partial charge is 0.255 e. The van der Waals surface area contributed by atoms with E-state index in [9.17, 15) is 4.79 Å². The summed E-state index contributed by atoms with van der Waals surface area (Å²) in [5.41, 5.74) is 4.82. The second-order valence-electron chi connectivity index (χ2n) is 9.44. The molecule has 0 aliphatic carbocycles. The van der Waals surface area contributed by atoms with Gasteiger partial charge in [-0.25, -0.2) is 24.9 Å². The molecule has 0 fully saturated rings. The van der Waals surface area contributed by atoms with Crippen molar-refractivity contribution in [3.8, 4) is 11.9 Å². The molecule has 4 heterocycles. The van der Waals surface area contributed by atoms with Gasteiger partial charge >= 0.3 is 0 Å². The van der Waals surface area contributed by atoms with Crippen LogP contribution >= 0.6 is 0 Å². The summed E-state index contributed by atoms with van der Waals surface area (Å²) in [6, 6.07) is 0. The van der Waals surface area contributed by atoms with Crippen LogP contribution in [0.15, 0.2) is 29.6 Å². The zero-order chi connectivity index (χ0) is 28.6. The monoisotopic (exact) mass is 643 g/mol. The molecule has 0 amide bonds. The van der Waals surface area contributed by atoms with Gasteiger partial charge in [-0.3, -0.25) is 18.9 Å². The van der Waals surface area contributed by atoms with E-state index in [1.54, 1.807) is 12.4 Å². The molecule has 10 nitrogen and oxygen atoms in total. The van der Waals surface area contributed by atoms with Crippen LogP contribution in [0.4, 0.5) is 0 Å². The number of aryl methyl sites for hydroxylation is 5. The Labute approximate surface area is 252 Å². The van der Waals surface area contributed by atoms with Gasteiger partial charge in [-0.15, -0.1) is 0 Å². The summed E-state index contributed by atoms with van der Waals surface area (Å²) in [6.45, 7) is 18.4. The molecule has 4 rings (SSSR count). The SMILES string of the molecule is CCc1nccn1-c1nc(C)c(C(C)C)c(=O)[nH]1.CCc1nccn1-c1nc(C)c(C(C)C)c(C)n1.CO.[CH3-].[Pd]. The third kappa shape index (κ3) is 8.50. The maximum atomic E-state index is 12.1. The Hall–Kier alpha value is -3.00. The molecule has 4 aromatic rings.